The van der Waals surface area contributed by atoms with E-state index in [4.69, 9.17) is 4.74 Å². The van der Waals surface area contributed by atoms with Gasteiger partial charge in [-0.05, 0) is 42.5 Å². The fraction of sp³-hybridized carbons (Fsp3) is 0.310. The third-order valence-electron chi connectivity index (χ3n) is 6.71. The molecule has 190 valence electrons. The molecule has 1 saturated heterocycles. The second-order valence-electron chi connectivity index (χ2n) is 9.25. The third-order valence-corrected chi connectivity index (χ3v) is 6.71. The summed E-state index contributed by atoms with van der Waals surface area (Å²) < 4.78 is 7.30. The highest BCUT2D eigenvalue weighted by Gasteiger charge is 2.32. The van der Waals surface area contributed by atoms with Crippen LogP contribution in [0.15, 0.2) is 84.9 Å². The number of rotatable bonds is 10. The number of ether oxygens (including phenoxy) is 1. The molecule has 0 radical (unpaired) electrons. The lowest BCUT2D eigenvalue weighted by atomic mass is 10.0. The maximum Gasteiger partial charge on any atom is 0.247 e. The predicted octanol–water partition coefficient (Wildman–Crippen LogP) is 3.54. The van der Waals surface area contributed by atoms with Crippen LogP contribution in [-0.4, -0.2) is 57.5 Å². The Labute approximate surface area is 216 Å². The van der Waals surface area contributed by atoms with Crippen molar-refractivity contribution in [1.82, 2.24) is 25.2 Å². The first-order valence-corrected chi connectivity index (χ1v) is 12.7. The summed E-state index contributed by atoms with van der Waals surface area (Å²) in [6.07, 6.45) is 2.55. The minimum atomic E-state index is -0.784. The van der Waals surface area contributed by atoms with E-state index in [0.29, 0.717) is 19.5 Å². The molecule has 8 nitrogen and oxygen atoms in total. The Morgan fingerprint density at radius 1 is 1.00 bits per heavy atom. The number of hydrogen-bond acceptors (Lipinski definition) is 5. The molecule has 1 aliphatic rings. The van der Waals surface area contributed by atoms with Gasteiger partial charge in [-0.25, -0.2) is 4.68 Å². The zero-order chi connectivity index (χ0) is 25.5. The van der Waals surface area contributed by atoms with Gasteiger partial charge in [-0.1, -0.05) is 78.0 Å². The molecule has 0 saturated carbocycles. The number of carbonyl (C=O) groups is 2. The normalized spacial score (nSPS) is 15.9. The number of fused-ring (bicyclic) bond motifs is 1. The smallest absolute Gasteiger partial charge is 0.247 e. The molecule has 1 aliphatic heterocycles. The standard InChI is InChI=1S/C29H31N5O3/c35-27(21-34-26-16-8-7-15-25(26)31-32-34)33(18-17-22-10-3-1-4-11-22)28(23-12-5-2-6-13-23)29(36)30-20-24-14-9-19-37-24/h1-8,10-13,15-16,24,28H,9,14,17-21H2,(H,30,36)/t24-,28+/m0/s1. The Morgan fingerprint density at radius 3 is 2.49 bits per heavy atom. The van der Waals surface area contributed by atoms with Gasteiger partial charge in [0.25, 0.3) is 0 Å². The fourth-order valence-corrected chi connectivity index (χ4v) is 4.77. The number of nitrogens with zero attached hydrogens (tertiary/aromatic N) is 4. The van der Waals surface area contributed by atoms with E-state index in [1.165, 1.54) is 0 Å². The summed E-state index contributed by atoms with van der Waals surface area (Å²) in [5.41, 5.74) is 3.35. The number of hydrogen-bond donors (Lipinski definition) is 1. The molecule has 2 atom stereocenters. The van der Waals surface area contributed by atoms with Gasteiger partial charge in [-0.15, -0.1) is 5.10 Å². The molecule has 37 heavy (non-hydrogen) atoms. The Hall–Kier alpha value is -4.04. The number of aromatic nitrogens is 3. The summed E-state index contributed by atoms with van der Waals surface area (Å²) in [6, 6.07) is 26.2. The van der Waals surface area contributed by atoms with Crippen LogP contribution in [0.25, 0.3) is 11.0 Å². The van der Waals surface area contributed by atoms with Gasteiger partial charge in [0.15, 0.2) is 0 Å². The zero-order valence-electron chi connectivity index (χ0n) is 20.7. The topological polar surface area (TPSA) is 89.4 Å². The second-order valence-corrected chi connectivity index (χ2v) is 9.25. The highest BCUT2D eigenvalue weighted by atomic mass is 16.5. The van der Waals surface area contributed by atoms with Gasteiger partial charge in [0.2, 0.25) is 11.8 Å². The minimum absolute atomic E-state index is 0.00959. The first-order valence-electron chi connectivity index (χ1n) is 12.7. The van der Waals surface area contributed by atoms with Crippen molar-refractivity contribution >= 4 is 22.8 Å². The third kappa shape index (κ3) is 6.03. The lowest BCUT2D eigenvalue weighted by Crippen LogP contribution is -2.47. The first kappa shape index (κ1) is 24.6. The molecule has 0 bridgehead atoms. The first-order chi connectivity index (χ1) is 18.2. The van der Waals surface area contributed by atoms with Crippen LogP contribution in [0.4, 0.5) is 0 Å². The second kappa shape index (κ2) is 11.8. The summed E-state index contributed by atoms with van der Waals surface area (Å²) >= 11 is 0. The van der Waals surface area contributed by atoms with Crippen molar-refractivity contribution in [3.05, 3.63) is 96.1 Å². The van der Waals surface area contributed by atoms with Gasteiger partial charge in [0.1, 0.15) is 18.1 Å². The monoisotopic (exact) mass is 497 g/mol. The van der Waals surface area contributed by atoms with Crippen LogP contribution in [0.3, 0.4) is 0 Å². The highest BCUT2D eigenvalue weighted by molar-refractivity contribution is 5.89. The number of benzene rings is 3. The summed E-state index contributed by atoms with van der Waals surface area (Å²) in [6.45, 7) is 1.51. The van der Waals surface area contributed by atoms with E-state index in [1.54, 1.807) is 9.58 Å². The molecule has 2 heterocycles. The van der Waals surface area contributed by atoms with Crippen molar-refractivity contribution in [2.75, 3.05) is 19.7 Å². The van der Waals surface area contributed by atoms with E-state index in [0.717, 1.165) is 41.6 Å². The maximum absolute atomic E-state index is 13.9. The maximum atomic E-state index is 13.9. The van der Waals surface area contributed by atoms with Crippen molar-refractivity contribution in [2.45, 2.75) is 38.0 Å². The minimum Gasteiger partial charge on any atom is -0.376 e. The van der Waals surface area contributed by atoms with Crippen molar-refractivity contribution in [2.24, 2.45) is 0 Å². The van der Waals surface area contributed by atoms with E-state index in [-0.39, 0.29) is 24.5 Å². The van der Waals surface area contributed by atoms with Crippen molar-refractivity contribution < 1.29 is 14.3 Å². The van der Waals surface area contributed by atoms with E-state index < -0.39 is 6.04 Å². The molecule has 1 aromatic heterocycles. The van der Waals surface area contributed by atoms with Crippen LogP contribution in [0, 0.1) is 0 Å². The van der Waals surface area contributed by atoms with Gasteiger partial charge in [0, 0.05) is 19.7 Å². The molecule has 1 fully saturated rings. The van der Waals surface area contributed by atoms with E-state index >= 15 is 0 Å². The summed E-state index contributed by atoms with van der Waals surface area (Å²) in [5.74, 6) is -0.417. The van der Waals surface area contributed by atoms with Gasteiger partial charge in [-0.2, -0.15) is 0 Å². The number of carbonyl (C=O) groups excluding carboxylic acids is 2. The SMILES string of the molecule is O=C(NC[C@@H]1CCCO1)[C@@H](c1ccccc1)N(CCc1ccccc1)C(=O)Cn1nnc2ccccc21. The Kier molecular flexibility index (Phi) is 7.86. The molecule has 2 amide bonds. The summed E-state index contributed by atoms with van der Waals surface area (Å²) in [4.78, 5) is 29.2. The van der Waals surface area contributed by atoms with Gasteiger partial charge >= 0.3 is 0 Å². The van der Waals surface area contributed by atoms with Crippen molar-refractivity contribution in [1.29, 1.82) is 0 Å². The molecule has 4 aromatic rings. The largest absolute Gasteiger partial charge is 0.376 e. The van der Waals surface area contributed by atoms with Crippen LogP contribution < -0.4 is 5.32 Å². The Balaban J connectivity index is 1.44. The van der Waals surface area contributed by atoms with Gasteiger partial charge in [0.05, 0.1) is 11.6 Å². The Morgan fingerprint density at radius 2 is 1.73 bits per heavy atom. The number of para-hydroxylation sites is 1. The van der Waals surface area contributed by atoms with Crippen LogP contribution >= 0.6 is 0 Å². The molecule has 0 spiro atoms. The molecule has 0 aliphatic carbocycles. The van der Waals surface area contributed by atoms with Crippen LogP contribution in [0.2, 0.25) is 0 Å². The average molecular weight is 498 g/mol. The van der Waals surface area contributed by atoms with Gasteiger partial charge in [-0.3, -0.25) is 9.59 Å². The summed E-state index contributed by atoms with van der Waals surface area (Å²) in [7, 11) is 0. The molecule has 0 unspecified atom stereocenters. The lowest BCUT2D eigenvalue weighted by molar-refractivity contribution is -0.141. The quantitative estimate of drug-likeness (QED) is 0.362. The van der Waals surface area contributed by atoms with E-state index in [1.807, 2.05) is 84.9 Å². The summed E-state index contributed by atoms with van der Waals surface area (Å²) in [5, 5.41) is 11.4. The van der Waals surface area contributed by atoms with Crippen LogP contribution in [0.5, 0.6) is 0 Å². The van der Waals surface area contributed by atoms with Gasteiger partial charge < -0.3 is 15.0 Å². The fourth-order valence-electron chi connectivity index (χ4n) is 4.77. The molecular weight excluding hydrogens is 466 g/mol. The van der Waals surface area contributed by atoms with Crippen LogP contribution in [0.1, 0.15) is 30.0 Å². The highest BCUT2D eigenvalue weighted by Crippen LogP contribution is 2.23. The molecule has 8 heteroatoms. The van der Waals surface area contributed by atoms with Crippen molar-refractivity contribution in [3.8, 4) is 0 Å². The van der Waals surface area contributed by atoms with Crippen LogP contribution in [-0.2, 0) is 27.3 Å². The zero-order valence-corrected chi connectivity index (χ0v) is 20.7. The van der Waals surface area contributed by atoms with Crippen molar-refractivity contribution in [3.63, 3.8) is 0 Å². The molecule has 5 rings (SSSR count). The molecule has 3 aromatic carbocycles. The average Bonchev–Trinajstić information content (AvgIpc) is 3.61. The molecular formula is C29H31N5O3. The Bertz CT molecular complexity index is 1320. The lowest BCUT2D eigenvalue weighted by Gasteiger charge is -2.32. The number of amides is 2. The number of nitrogens with one attached hydrogen (secondary N) is 1. The van der Waals surface area contributed by atoms with E-state index in [9.17, 15) is 9.59 Å². The molecule has 1 N–H and O–H groups in total. The predicted molar refractivity (Wildman–Crippen MR) is 141 cm³/mol. The van der Waals surface area contributed by atoms with E-state index in [2.05, 4.69) is 15.6 Å².